The highest BCUT2D eigenvalue weighted by molar-refractivity contribution is 6.31. The molecule has 0 fully saturated rings. The van der Waals surface area contributed by atoms with Crippen LogP contribution in [0.1, 0.15) is 28.2 Å². The van der Waals surface area contributed by atoms with Gasteiger partial charge in [-0.25, -0.2) is 4.79 Å². The lowest BCUT2D eigenvalue weighted by Crippen LogP contribution is -2.26. The summed E-state index contributed by atoms with van der Waals surface area (Å²) in [7, 11) is 0. The second kappa shape index (κ2) is 8.74. The normalized spacial score (nSPS) is 11.5. The number of hydrogen-bond acceptors (Lipinski definition) is 3. The average Bonchev–Trinajstić information content (AvgIpc) is 3.09. The molecule has 0 saturated heterocycles. The number of nitriles is 1. The maximum Gasteiger partial charge on any atom is 0.407 e. The number of nitrogens with one attached hydrogen (secondary N) is 1. The zero-order chi connectivity index (χ0) is 20.9. The molecule has 3 aromatic carbocycles. The first-order chi connectivity index (χ1) is 14.7. The zero-order valence-corrected chi connectivity index (χ0v) is 16.7. The molecular weight excluding hydrogens is 396 g/mol. The van der Waals surface area contributed by atoms with Crippen molar-refractivity contribution in [1.29, 1.82) is 5.26 Å². The predicted molar refractivity (Wildman–Crippen MR) is 116 cm³/mol. The fraction of sp³-hybridized carbons (Fsp3) is 0.120. The SMILES string of the molecule is N#Cc1ccc(C#CCNC(=O)OCC2c3ccccc3-c3ccccc32)cc1Cl. The Kier molecular flexibility index (Phi) is 5.70. The first-order valence-electron chi connectivity index (χ1n) is 9.44. The molecule has 1 N–H and O–H groups in total. The maximum absolute atomic E-state index is 12.1. The second-order valence-electron chi connectivity index (χ2n) is 6.79. The van der Waals surface area contributed by atoms with Gasteiger partial charge in [0, 0.05) is 11.5 Å². The molecule has 0 unspecified atom stereocenters. The van der Waals surface area contributed by atoms with Crippen molar-refractivity contribution in [3.63, 3.8) is 0 Å². The minimum Gasteiger partial charge on any atom is -0.449 e. The van der Waals surface area contributed by atoms with Gasteiger partial charge in [0.2, 0.25) is 0 Å². The third-order valence-electron chi connectivity index (χ3n) is 4.99. The molecule has 146 valence electrons. The van der Waals surface area contributed by atoms with Gasteiger partial charge in [-0.3, -0.25) is 0 Å². The summed E-state index contributed by atoms with van der Waals surface area (Å²) in [5.41, 5.74) is 5.79. The highest BCUT2D eigenvalue weighted by atomic mass is 35.5. The van der Waals surface area contributed by atoms with Crippen molar-refractivity contribution in [2.75, 3.05) is 13.2 Å². The molecule has 0 saturated carbocycles. The van der Waals surface area contributed by atoms with E-state index in [1.165, 1.54) is 22.3 Å². The van der Waals surface area contributed by atoms with Crippen LogP contribution in [0.2, 0.25) is 5.02 Å². The van der Waals surface area contributed by atoms with E-state index in [0.29, 0.717) is 16.1 Å². The van der Waals surface area contributed by atoms with Crippen LogP contribution in [0.25, 0.3) is 11.1 Å². The largest absolute Gasteiger partial charge is 0.449 e. The summed E-state index contributed by atoms with van der Waals surface area (Å²) in [4.78, 5) is 12.1. The maximum atomic E-state index is 12.1. The van der Waals surface area contributed by atoms with Crippen LogP contribution in [-0.2, 0) is 4.74 Å². The Hall–Kier alpha value is -3.73. The number of ether oxygens (including phenoxy) is 1. The molecular formula is C25H17ClN2O2. The first kappa shape index (κ1) is 19.6. The van der Waals surface area contributed by atoms with E-state index in [-0.39, 0.29) is 19.1 Å². The number of alkyl carbamates (subject to hydrolysis) is 1. The Balaban J connectivity index is 1.34. The number of rotatable bonds is 3. The Labute approximate surface area is 180 Å². The monoisotopic (exact) mass is 412 g/mol. The molecule has 3 aromatic rings. The van der Waals surface area contributed by atoms with Gasteiger partial charge in [0.1, 0.15) is 12.7 Å². The number of amides is 1. The Morgan fingerprint density at radius 3 is 2.33 bits per heavy atom. The Morgan fingerprint density at radius 1 is 1.03 bits per heavy atom. The summed E-state index contributed by atoms with van der Waals surface area (Å²) in [5.74, 6) is 5.78. The summed E-state index contributed by atoms with van der Waals surface area (Å²) in [6.07, 6.45) is -0.510. The molecule has 5 heteroatoms. The van der Waals surface area contributed by atoms with Crippen molar-refractivity contribution in [1.82, 2.24) is 5.32 Å². The molecule has 0 spiro atoms. The highest BCUT2D eigenvalue weighted by Gasteiger charge is 2.28. The molecule has 0 atom stereocenters. The molecule has 0 aromatic heterocycles. The Bertz CT molecular complexity index is 1170. The van der Waals surface area contributed by atoms with E-state index in [1.54, 1.807) is 18.2 Å². The van der Waals surface area contributed by atoms with Crippen LogP contribution >= 0.6 is 11.6 Å². The number of benzene rings is 3. The van der Waals surface area contributed by atoms with Crippen LogP contribution in [0.15, 0.2) is 66.7 Å². The van der Waals surface area contributed by atoms with E-state index in [9.17, 15) is 4.79 Å². The van der Waals surface area contributed by atoms with Gasteiger partial charge in [0.25, 0.3) is 0 Å². The Morgan fingerprint density at radius 2 is 1.70 bits per heavy atom. The van der Waals surface area contributed by atoms with Crippen molar-refractivity contribution in [2.45, 2.75) is 5.92 Å². The van der Waals surface area contributed by atoms with Crippen molar-refractivity contribution >= 4 is 17.7 Å². The standard InChI is InChI=1S/C25H17ClN2O2/c26-24-14-17(11-12-18(24)15-27)6-5-13-28-25(29)30-16-23-21-9-3-1-7-19(21)20-8-2-4-10-22(20)23/h1-4,7-12,14,23H,13,16H2,(H,28,29). The van der Waals surface area contributed by atoms with Crippen LogP contribution in [0.3, 0.4) is 0 Å². The van der Waals surface area contributed by atoms with E-state index in [1.807, 2.05) is 30.3 Å². The quantitative estimate of drug-likeness (QED) is 0.608. The molecule has 0 heterocycles. The number of hydrogen-bond donors (Lipinski definition) is 1. The van der Waals surface area contributed by atoms with Crippen LogP contribution in [0.4, 0.5) is 4.79 Å². The van der Waals surface area contributed by atoms with Crippen LogP contribution in [0, 0.1) is 23.2 Å². The molecule has 4 rings (SSSR count). The summed E-state index contributed by atoms with van der Waals surface area (Å²) in [5, 5.41) is 11.9. The van der Waals surface area contributed by atoms with E-state index in [0.717, 1.165) is 0 Å². The van der Waals surface area contributed by atoms with Gasteiger partial charge in [0.05, 0.1) is 17.1 Å². The second-order valence-corrected chi connectivity index (χ2v) is 7.19. The van der Waals surface area contributed by atoms with Gasteiger partial charge < -0.3 is 10.1 Å². The molecule has 1 aliphatic rings. The molecule has 0 aliphatic heterocycles. The number of carbonyl (C=O) groups excluding carboxylic acids is 1. The fourth-order valence-corrected chi connectivity index (χ4v) is 3.82. The molecule has 30 heavy (non-hydrogen) atoms. The van der Waals surface area contributed by atoms with Crippen molar-refractivity contribution in [3.05, 3.63) is 94.0 Å². The van der Waals surface area contributed by atoms with Crippen LogP contribution < -0.4 is 5.32 Å². The lowest BCUT2D eigenvalue weighted by Gasteiger charge is -2.14. The summed E-state index contributed by atoms with van der Waals surface area (Å²) in [6.45, 7) is 0.410. The summed E-state index contributed by atoms with van der Waals surface area (Å²) in [6, 6.07) is 23.3. The first-order valence-corrected chi connectivity index (χ1v) is 9.82. The highest BCUT2D eigenvalue weighted by Crippen LogP contribution is 2.44. The van der Waals surface area contributed by atoms with Crippen LogP contribution in [-0.4, -0.2) is 19.2 Å². The number of carbonyl (C=O) groups is 1. The van der Waals surface area contributed by atoms with Gasteiger partial charge >= 0.3 is 6.09 Å². The zero-order valence-electron chi connectivity index (χ0n) is 16.0. The summed E-state index contributed by atoms with van der Waals surface area (Å²) >= 11 is 5.99. The smallest absolute Gasteiger partial charge is 0.407 e. The molecule has 1 amide bonds. The van der Waals surface area contributed by atoms with Crippen molar-refractivity contribution < 1.29 is 9.53 Å². The average molecular weight is 413 g/mol. The minimum atomic E-state index is -0.510. The van der Waals surface area contributed by atoms with Crippen LogP contribution in [0.5, 0.6) is 0 Å². The molecule has 0 bridgehead atoms. The molecule has 4 nitrogen and oxygen atoms in total. The van der Waals surface area contributed by atoms with E-state index < -0.39 is 6.09 Å². The number of halogens is 1. The third kappa shape index (κ3) is 4.01. The van der Waals surface area contributed by atoms with Gasteiger partial charge in [0.15, 0.2) is 0 Å². The number of nitrogens with zero attached hydrogens (tertiary/aromatic N) is 1. The van der Waals surface area contributed by atoms with Gasteiger partial charge in [-0.1, -0.05) is 72.0 Å². The molecule has 0 radical (unpaired) electrons. The lowest BCUT2D eigenvalue weighted by atomic mass is 9.98. The topological polar surface area (TPSA) is 62.1 Å². The lowest BCUT2D eigenvalue weighted by molar-refractivity contribution is 0.144. The summed E-state index contributed by atoms with van der Waals surface area (Å²) < 4.78 is 5.47. The van der Waals surface area contributed by atoms with E-state index in [2.05, 4.69) is 41.4 Å². The molecule has 1 aliphatic carbocycles. The predicted octanol–water partition coefficient (Wildman–Crippen LogP) is 5.10. The number of fused-ring (bicyclic) bond motifs is 3. The van der Waals surface area contributed by atoms with Crippen molar-refractivity contribution in [3.8, 4) is 29.0 Å². The van der Waals surface area contributed by atoms with E-state index >= 15 is 0 Å². The third-order valence-corrected chi connectivity index (χ3v) is 5.30. The van der Waals surface area contributed by atoms with Gasteiger partial charge in [-0.05, 0) is 40.5 Å². The van der Waals surface area contributed by atoms with Crippen molar-refractivity contribution in [2.24, 2.45) is 0 Å². The fourth-order valence-electron chi connectivity index (χ4n) is 3.60. The van der Waals surface area contributed by atoms with Gasteiger partial charge in [-0.15, -0.1) is 0 Å². The minimum absolute atomic E-state index is 0.0232. The van der Waals surface area contributed by atoms with E-state index in [4.69, 9.17) is 21.6 Å². The van der Waals surface area contributed by atoms with Gasteiger partial charge in [-0.2, -0.15) is 5.26 Å².